The minimum Gasteiger partial charge on any atom is -0.277 e. The molecule has 2 aromatic carbocycles. The highest BCUT2D eigenvalue weighted by Crippen LogP contribution is 2.29. The van der Waals surface area contributed by atoms with Gasteiger partial charge in [-0.1, -0.05) is 42.5 Å². The number of aromatic nitrogens is 4. The minimum absolute atomic E-state index is 0.250. The Morgan fingerprint density at radius 3 is 2.50 bits per heavy atom. The molecule has 2 heterocycles. The largest absolute Gasteiger partial charge is 0.277 e. The summed E-state index contributed by atoms with van der Waals surface area (Å²) in [6.45, 7) is 0.709. The van der Waals surface area contributed by atoms with Gasteiger partial charge in [-0.05, 0) is 23.3 Å². The van der Waals surface area contributed by atoms with Gasteiger partial charge in [0.1, 0.15) is 5.82 Å². The highest BCUT2D eigenvalue weighted by molar-refractivity contribution is 5.79. The first-order chi connectivity index (χ1) is 11.8. The zero-order valence-corrected chi connectivity index (χ0v) is 12.9. The highest BCUT2D eigenvalue weighted by atomic mass is 19.1. The quantitative estimate of drug-likeness (QED) is 0.615. The van der Waals surface area contributed by atoms with Crippen LogP contribution in [0, 0.1) is 5.82 Å². The van der Waals surface area contributed by atoms with E-state index in [2.05, 4.69) is 27.4 Å². The SMILES string of the molecule is Fc1ccc(-c2cn[nH]c2-c2cnn(Cc3ccccc3)c2)cc1. The van der Waals surface area contributed by atoms with Gasteiger partial charge in [-0.2, -0.15) is 10.2 Å². The lowest BCUT2D eigenvalue weighted by molar-refractivity contribution is 0.628. The number of nitrogens with zero attached hydrogens (tertiary/aromatic N) is 3. The molecule has 0 atom stereocenters. The van der Waals surface area contributed by atoms with Gasteiger partial charge in [0.25, 0.3) is 0 Å². The van der Waals surface area contributed by atoms with Crippen LogP contribution in [0.3, 0.4) is 0 Å². The molecule has 0 bridgehead atoms. The average Bonchev–Trinajstić information content (AvgIpc) is 3.25. The first-order valence-corrected chi connectivity index (χ1v) is 7.66. The van der Waals surface area contributed by atoms with Crippen LogP contribution in [-0.4, -0.2) is 20.0 Å². The summed E-state index contributed by atoms with van der Waals surface area (Å²) in [5.41, 5.74) is 4.85. The molecule has 0 radical (unpaired) electrons. The molecule has 0 aliphatic rings. The number of rotatable bonds is 4. The molecule has 5 heteroatoms. The molecule has 0 unspecified atom stereocenters. The number of halogens is 1. The molecular formula is C19H15FN4. The number of H-pyrrole nitrogens is 1. The monoisotopic (exact) mass is 318 g/mol. The predicted molar refractivity (Wildman–Crippen MR) is 90.7 cm³/mol. The lowest BCUT2D eigenvalue weighted by Gasteiger charge is -2.02. The molecule has 4 nitrogen and oxygen atoms in total. The highest BCUT2D eigenvalue weighted by Gasteiger charge is 2.12. The third kappa shape index (κ3) is 2.84. The summed E-state index contributed by atoms with van der Waals surface area (Å²) in [4.78, 5) is 0. The molecule has 0 saturated heterocycles. The van der Waals surface area contributed by atoms with Gasteiger partial charge in [-0.3, -0.25) is 9.78 Å². The van der Waals surface area contributed by atoms with Gasteiger partial charge in [0.2, 0.25) is 0 Å². The van der Waals surface area contributed by atoms with Gasteiger partial charge in [-0.15, -0.1) is 0 Å². The Kier molecular flexibility index (Phi) is 3.67. The van der Waals surface area contributed by atoms with E-state index in [0.717, 1.165) is 22.4 Å². The second-order valence-corrected chi connectivity index (χ2v) is 5.58. The smallest absolute Gasteiger partial charge is 0.123 e. The van der Waals surface area contributed by atoms with Gasteiger partial charge in [0.05, 0.1) is 24.6 Å². The number of aromatic amines is 1. The summed E-state index contributed by atoms with van der Waals surface area (Å²) in [6, 6.07) is 16.6. The molecule has 0 aliphatic heterocycles. The number of hydrogen-bond acceptors (Lipinski definition) is 2. The van der Waals surface area contributed by atoms with Gasteiger partial charge in [0, 0.05) is 17.3 Å². The van der Waals surface area contributed by atoms with Crippen molar-refractivity contribution in [1.82, 2.24) is 20.0 Å². The summed E-state index contributed by atoms with van der Waals surface area (Å²) in [5, 5.41) is 11.6. The summed E-state index contributed by atoms with van der Waals surface area (Å²) in [5.74, 6) is -0.250. The van der Waals surface area contributed by atoms with E-state index >= 15 is 0 Å². The molecule has 118 valence electrons. The first-order valence-electron chi connectivity index (χ1n) is 7.66. The van der Waals surface area contributed by atoms with Crippen LogP contribution < -0.4 is 0 Å². The van der Waals surface area contributed by atoms with E-state index in [1.54, 1.807) is 18.3 Å². The third-order valence-electron chi connectivity index (χ3n) is 3.90. The van der Waals surface area contributed by atoms with E-state index in [1.807, 2.05) is 35.3 Å². The fraction of sp³-hybridized carbons (Fsp3) is 0.0526. The normalized spacial score (nSPS) is 10.9. The van der Waals surface area contributed by atoms with Gasteiger partial charge in [0.15, 0.2) is 0 Å². The molecule has 2 aromatic heterocycles. The summed E-state index contributed by atoms with van der Waals surface area (Å²) in [6.07, 6.45) is 5.54. The molecule has 4 rings (SSSR count). The topological polar surface area (TPSA) is 46.5 Å². The summed E-state index contributed by atoms with van der Waals surface area (Å²) < 4.78 is 15.0. The Hall–Kier alpha value is -3.21. The zero-order valence-electron chi connectivity index (χ0n) is 12.9. The molecule has 0 amide bonds. The Balaban J connectivity index is 1.64. The average molecular weight is 318 g/mol. The maximum atomic E-state index is 13.1. The van der Waals surface area contributed by atoms with Crippen molar-refractivity contribution in [2.75, 3.05) is 0 Å². The van der Waals surface area contributed by atoms with Gasteiger partial charge >= 0.3 is 0 Å². The van der Waals surface area contributed by atoms with Gasteiger partial charge < -0.3 is 0 Å². The second kappa shape index (κ2) is 6.12. The van der Waals surface area contributed by atoms with Crippen LogP contribution in [0.4, 0.5) is 4.39 Å². The second-order valence-electron chi connectivity index (χ2n) is 5.58. The van der Waals surface area contributed by atoms with Crippen LogP contribution in [0.1, 0.15) is 5.56 Å². The van der Waals surface area contributed by atoms with Crippen molar-refractivity contribution in [2.45, 2.75) is 6.54 Å². The molecule has 1 N–H and O–H groups in total. The van der Waals surface area contributed by atoms with E-state index in [1.165, 1.54) is 17.7 Å². The van der Waals surface area contributed by atoms with Crippen molar-refractivity contribution >= 4 is 0 Å². The summed E-state index contributed by atoms with van der Waals surface area (Å²) in [7, 11) is 0. The van der Waals surface area contributed by atoms with E-state index in [9.17, 15) is 4.39 Å². The number of nitrogens with one attached hydrogen (secondary N) is 1. The Labute approximate surface area is 138 Å². The van der Waals surface area contributed by atoms with Crippen molar-refractivity contribution in [3.05, 3.63) is 84.6 Å². The molecule has 0 spiro atoms. The Morgan fingerprint density at radius 2 is 1.71 bits per heavy atom. The van der Waals surface area contributed by atoms with E-state index in [4.69, 9.17) is 0 Å². The van der Waals surface area contributed by atoms with Crippen molar-refractivity contribution in [3.63, 3.8) is 0 Å². The molecule has 0 aliphatic carbocycles. The van der Waals surface area contributed by atoms with Crippen LogP contribution >= 0.6 is 0 Å². The van der Waals surface area contributed by atoms with Crippen LogP contribution in [-0.2, 0) is 6.54 Å². The fourth-order valence-electron chi connectivity index (χ4n) is 2.70. The van der Waals surface area contributed by atoms with Crippen LogP contribution in [0.15, 0.2) is 73.2 Å². The van der Waals surface area contributed by atoms with E-state index < -0.39 is 0 Å². The number of benzene rings is 2. The molecule has 0 saturated carbocycles. The lowest BCUT2D eigenvalue weighted by atomic mass is 10.0. The van der Waals surface area contributed by atoms with Gasteiger partial charge in [-0.25, -0.2) is 4.39 Å². The number of hydrogen-bond donors (Lipinski definition) is 1. The standard InChI is InChI=1S/C19H15FN4/c20-17-8-6-15(7-9-17)18-11-21-23-19(18)16-10-22-24(13-16)12-14-4-2-1-3-5-14/h1-11,13H,12H2,(H,21,23). The van der Waals surface area contributed by atoms with E-state index in [-0.39, 0.29) is 5.82 Å². The van der Waals surface area contributed by atoms with Crippen molar-refractivity contribution in [1.29, 1.82) is 0 Å². The summed E-state index contributed by atoms with van der Waals surface area (Å²) >= 11 is 0. The van der Waals surface area contributed by atoms with E-state index in [0.29, 0.717) is 6.54 Å². The minimum atomic E-state index is -0.250. The zero-order chi connectivity index (χ0) is 16.4. The van der Waals surface area contributed by atoms with Crippen molar-refractivity contribution in [3.8, 4) is 22.4 Å². The maximum absolute atomic E-state index is 13.1. The molecule has 0 fully saturated rings. The predicted octanol–water partition coefficient (Wildman–Crippen LogP) is 4.13. The maximum Gasteiger partial charge on any atom is 0.123 e. The first kappa shape index (κ1) is 14.4. The molecule has 24 heavy (non-hydrogen) atoms. The van der Waals surface area contributed by atoms with Crippen LogP contribution in [0.25, 0.3) is 22.4 Å². The van der Waals surface area contributed by atoms with Crippen LogP contribution in [0.5, 0.6) is 0 Å². The Morgan fingerprint density at radius 1 is 0.917 bits per heavy atom. The molecule has 4 aromatic rings. The Bertz CT molecular complexity index is 939. The third-order valence-corrected chi connectivity index (χ3v) is 3.90. The van der Waals surface area contributed by atoms with Crippen LogP contribution in [0.2, 0.25) is 0 Å². The van der Waals surface area contributed by atoms with Crippen molar-refractivity contribution in [2.24, 2.45) is 0 Å². The lowest BCUT2D eigenvalue weighted by Crippen LogP contribution is -1.99. The fourth-order valence-corrected chi connectivity index (χ4v) is 2.70. The van der Waals surface area contributed by atoms with Crippen molar-refractivity contribution < 1.29 is 4.39 Å². The molecular weight excluding hydrogens is 303 g/mol.